The summed E-state index contributed by atoms with van der Waals surface area (Å²) in [5.41, 5.74) is 2.76. The van der Waals surface area contributed by atoms with Gasteiger partial charge in [0, 0.05) is 31.4 Å². The lowest BCUT2D eigenvalue weighted by atomic mass is 9.94. The SMILES string of the molecule is Cc1ncsc1CN(C)C(=O)N1CCC(CC(=O)O)CC1. The Balaban J connectivity index is 1.84. The Morgan fingerprint density at radius 1 is 1.48 bits per heavy atom. The predicted molar refractivity (Wildman–Crippen MR) is 80.3 cm³/mol. The summed E-state index contributed by atoms with van der Waals surface area (Å²) < 4.78 is 0. The fourth-order valence-corrected chi connectivity index (χ4v) is 3.41. The highest BCUT2D eigenvalue weighted by atomic mass is 32.1. The lowest BCUT2D eigenvalue weighted by molar-refractivity contribution is -0.138. The molecule has 0 saturated carbocycles. The third-order valence-electron chi connectivity index (χ3n) is 3.90. The first-order valence-corrected chi connectivity index (χ1v) is 7.96. The second-order valence-electron chi connectivity index (χ2n) is 5.53. The van der Waals surface area contributed by atoms with Crippen LogP contribution in [0.3, 0.4) is 0 Å². The zero-order valence-corrected chi connectivity index (χ0v) is 13.2. The van der Waals surface area contributed by atoms with Crippen LogP contribution in [0.4, 0.5) is 4.79 Å². The van der Waals surface area contributed by atoms with Crippen molar-refractivity contribution in [3.63, 3.8) is 0 Å². The summed E-state index contributed by atoms with van der Waals surface area (Å²) in [6, 6.07) is 0.0107. The summed E-state index contributed by atoms with van der Waals surface area (Å²) in [4.78, 5) is 31.9. The molecule has 0 radical (unpaired) electrons. The Hall–Kier alpha value is -1.63. The molecule has 0 aromatic carbocycles. The lowest BCUT2D eigenvalue weighted by Gasteiger charge is -2.34. The third kappa shape index (κ3) is 4.17. The average Bonchev–Trinajstić information content (AvgIpc) is 2.83. The number of aromatic nitrogens is 1. The van der Waals surface area contributed by atoms with Gasteiger partial charge in [-0.3, -0.25) is 4.79 Å². The number of amides is 2. The van der Waals surface area contributed by atoms with E-state index in [-0.39, 0.29) is 18.4 Å². The molecule has 1 aromatic heterocycles. The highest BCUT2D eigenvalue weighted by molar-refractivity contribution is 7.09. The number of aliphatic carboxylic acids is 1. The maximum absolute atomic E-state index is 12.4. The summed E-state index contributed by atoms with van der Waals surface area (Å²) >= 11 is 1.56. The molecule has 0 atom stereocenters. The molecule has 7 heteroatoms. The molecule has 1 aromatic rings. The Bertz CT molecular complexity index is 509. The van der Waals surface area contributed by atoms with Crippen LogP contribution in [0.25, 0.3) is 0 Å². The maximum atomic E-state index is 12.4. The molecular weight excluding hydrogens is 290 g/mol. The van der Waals surface area contributed by atoms with E-state index >= 15 is 0 Å². The van der Waals surface area contributed by atoms with Gasteiger partial charge in [0.15, 0.2) is 0 Å². The van der Waals surface area contributed by atoms with E-state index in [0.29, 0.717) is 19.6 Å². The highest BCUT2D eigenvalue weighted by Crippen LogP contribution is 2.22. The van der Waals surface area contributed by atoms with E-state index in [2.05, 4.69) is 4.98 Å². The fraction of sp³-hybridized carbons (Fsp3) is 0.643. The van der Waals surface area contributed by atoms with Crippen LogP contribution in [0.5, 0.6) is 0 Å². The van der Waals surface area contributed by atoms with Gasteiger partial charge in [0.25, 0.3) is 0 Å². The first-order valence-electron chi connectivity index (χ1n) is 7.08. The number of carbonyl (C=O) groups is 2. The molecule has 1 saturated heterocycles. The van der Waals surface area contributed by atoms with Gasteiger partial charge >= 0.3 is 12.0 Å². The van der Waals surface area contributed by atoms with Crippen molar-refractivity contribution >= 4 is 23.3 Å². The highest BCUT2D eigenvalue weighted by Gasteiger charge is 2.26. The number of carbonyl (C=O) groups excluding carboxylic acids is 1. The molecule has 6 nitrogen and oxygen atoms in total. The second kappa shape index (κ2) is 6.89. The van der Waals surface area contributed by atoms with Gasteiger partial charge in [-0.1, -0.05) is 0 Å². The average molecular weight is 311 g/mol. The van der Waals surface area contributed by atoms with Gasteiger partial charge in [0.05, 0.1) is 17.7 Å². The Kier molecular flexibility index (Phi) is 5.17. The van der Waals surface area contributed by atoms with Gasteiger partial charge in [0.2, 0.25) is 0 Å². The largest absolute Gasteiger partial charge is 0.481 e. The van der Waals surface area contributed by atoms with Crippen LogP contribution in [0.2, 0.25) is 0 Å². The Labute approximate surface area is 128 Å². The minimum atomic E-state index is -0.752. The monoisotopic (exact) mass is 311 g/mol. The molecule has 0 unspecified atom stereocenters. The van der Waals surface area contributed by atoms with Gasteiger partial charge in [-0.05, 0) is 25.7 Å². The van der Waals surface area contributed by atoms with Crippen molar-refractivity contribution in [3.05, 3.63) is 16.1 Å². The van der Waals surface area contributed by atoms with Gasteiger partial charge in [-0.15, -0.1) is 11.3 Å². The summed E-state index contributed by atoms with van der Waals surface area (Å²) in [6.45, 7) is 3.80. The number of likely N-dealkylation sites (tertiary alicyclic amines) is 1. The van der Waals surface area contributed by atoms with Gasteiger partial charge in [-0.2, -0.15) is 0 Å². The van der Waals surface area contributed by atoms with Gasteiger partial charge in [0.1, 0.15) is 0 Å². The van der Waals surface area contributed by atoms with Crippen LogP contribution >= 0.6 is 11.3 Å². The van der Waals surface area contributed by atoms with Crippen LogP contribution in [0.15, 0.2) is 5.51 Å². The van der Waals surface area contributed by atoms with E-state index in [9.17, 15) is 9.59 Å². The van der Waals surface area contributed by atoms with E-state index < -0.39 is 5.97 Å². The smallest absolute Gasteiger partial charge is 0.320 e. The van der Waals surface area contributed by atoms with Crippen molar-refractivity contribution in [2.45, 2.75) is 32.7 Å². The third-order valence-corrected chi connectivity index (χ3v) is 4.82. The summed E-state index contributed by atoms with van der Waals surface area (Å²) in [6.07, 6.45) is 1.74. The first-order chi connectivity index (χ1) is 9.97. The van der Waals surface area contributed by atoms with Crippen molar-refractivity contribution < 1.29 is 14.7 Å². The van der Waals surface area contributed by atoms with Crippen LogP contribution in [-0.2, 0) is 11.3 Å². The number of piperidine rings is 1. The summed E-state index contributed by atoms with van der Waals surface area (Å²) in [5.74, 6) is -0.557. The van der Waals surface area contributed by atoms with E-state index in [0.717, 1.165) is 23.4 Å². The molecule has 0 spiro atoms. The fourth-order valence-electron chi connectivity index (χ4n) is 2.58. The molecule has 0 aliphatic carbocycles. The molecule has 116 valence electrons. The van der Waals surface area contributed by atoms with E-state index in [1.54, 1.807) is 28.8 Å². The zero-order valence-electron chi connectivity index (χ0n) is 12.4. The normalized spacial score (nSPS) is 16.0. The number of nitrogens with zero attached hydrogens (tertiary/aromatic N) is 3. The minimum Gasteiger partial charge on any atom is -0.481 e. The van der Waals surface area contributed by atoms with Crippen LogP contribution in [0.1, 0.15) is 29.8 Å². The molecule has 1 N–H and O–H groups in total. The number of urea groups is 1. The van der Waals surface area contributed by atoms with E-state index in [1.165, 1.54) is 0 Å². The van der Waals surface area contributed by atoms with Crippen molar-refractivity contribution in [3.8, 4) is 0 Å². The van der Waals surface area contributed by atoms with Crippen molar-refractivity contribution in [2.24, 2.45) is 5.92 Å². The topological polar surface area (TPSA) is 73.7 Å². The predicted octanol–water partition coefficient (Wildman–Crippen LogP) is 2.19. The molecule has 1 aliphatic heterocycles. The molecule has 2 amide bonds. The number of hydrogen-bond acceptors (Lipinski definition) is 4. The van der Waals surface area contributed by atoms with Crippen LogP contribution in [0, 0.1) is 12.8 Å². The van der Waals surface area contributed by atoms with Crippen molar-refractivity contribution in [1.29, 1.82) is 0 Å². The number of thiazole rings is 1. The summed E-state index contributed by atoms with van der Waals surface area (Å²) in [5, 5.41) is 8.81. The molecule has 1 fully saturated rings. The molecule has 21 heavy (non-hydrogen) atoms. The number of carboxylic acid groups (broad SMARTS) is 1. The van der Waals surface area contributed by atoms with Crippen LogP contribution < -0.4 is 0 Å². The van der Waals surface area contributed by atoms with Crippen molar-refractivity contribution in [1.82, 2.24) is 14.8 Å². The quantitative estimate of drug-likeness (QED) is 0.925. The number of hydrogen-bond donors (Lipinski definition) is 1. The number of aryl methyl sites for hydroxylation is 1. The van der Waals surface area contributed by atoms with Crippen LogP contribution in [-0.4, -0.2) is 52.0 Å². The second-order valence-corrected chi connectivity index (χ2v) is 6.47. The Morgan fingerprint density at radius 2 is 2.14 bits per heavy atom. The van der Waals surface area contributed by atoms with E-state index in [4.69, 9.17) is 5.11 Å². The number of rotatable bonds is 4. The molecular formula is C14H21N3O3S. The maximum Gasteiger partial charge on any atom is 0.320 e. The van der Waals surface area contributed by atoms with Gasteiger partial charge < -0.3 is 14.9 Å². The van der Waals surface area contributed by atoms with Crippen molar-refractivity contribution in [2.75, 3.05) is 20.1 Å². The van der Waals surface area contributed by atoms with Gasteiger partial charge in [-0.25, -0.2) is 9.78 Å². The Morgan fingerprint density at radius 3 is 2.67 bits per heavy atom. The minimum absolute atomic E-state index is 0.0107. The molecule has 0 bridgehead atoms. The lowest BCUT2D eigenvalue weighted by Crippen LogP contribution is -2.45. The molecule has 2 rings (SSSR count). The first kappa shape index (κ1) is 15.8. The molecule has 1 aliphatic rings. The summed E-state index contributed by atoms with van der Waals surface area (Å²) in [7, 11) is 1.80. The number of carboxylic acids is 1. The van der Waals surface area contributed by atoms with E-state index in [1.807, 2.05) is 11.8 Å². The molecule has 2 heterocycles. The zero-order chi connectivity index (χ0) is 15.4. The standard InChI is InChI=1S/C14H21N3O3S/c1-10-12(21-9-15-10)8-16(2)14(20)17-5-3-11(4-6-17)7-13(18)19/h9,11H,3-8H2,1-2H3,(H,18,19).